The maximum absolute atomic E-state index is 11.8. The molecule has 1 N–H and O–H groups in total. The number of hydrogen-bond donors (Lipinski definition) is 1. The van der Waals surface area contributed by atoms with Crippen LogP contribution in [0.3, 0.4) is 0 Å². The molecule has 19 heavy (non-hydrogen) atoms. The number of esters is 1. The van der Waals surface area contributed by atoms with Gasteiger partial charge in [-0.3, -0.25) is 9.36 Å². The summed E-state index contributed by atoms with van der Waals surface area (Å²) >= 11 is 0. The molecule has 1 aromatic heterocycles. The smallest absolute Gasteiger partial charge is 0.416 e. The molecule has 100 valence electrons. The van der Waals surface area contributed by atoms with E-state index in [9.17, 15) is 9.59 Å². The number of benzene rings is 1. The van der Waals surface area contributed by atoms with Gasteiger partial charge < -0.3 is 9.84 Å². The summed E-state index contributed by atoms with van der Waals surface area (Å²) in [5.74, 6) is -0.846. The van der Waals surface area contributed by atoms with Crippen molar-refractivity contribution in [3.05, 3.63) is 36.0 Å². The maximum atomic E-state index is 11.8. The fourth-order valence-corrected chi connectivity index (χ4v) is 2.10. The number of carboxylic acid groups (broad SMARTS) is 1. The number of fused-ring (bicyclic) bond motifs is 1. The minimum absolute atomic E-state index is 0.306. The van der Waals surface area contributed by atoms with Gasteiger partial charge in [-0.2, -0.15) is 0 Å². The molecule has 1 atom stereocenters. The molecule has 0 radical (unpaired) electrons. The lowest BCUT2D eigenvalue weighted by Crippen LogP contribution is -2.13. The van der Waals surface area contributed by atoms with E-state index < -0.39 is 12.0 Å². The number of ether oxygens (including phenoxy) is 1. The second-order valence-electron chi connectivity index (χ2n) is 4.23. The molecule has 0 bridgehead atoms. The predicted molar refractivity (Wildman–Crippen MR) is 70.4 cm³/mol. The Balaban J connectivity index is 2.55. The molecule has 0 aliphatic carbocycles. The zero-order valence-corrected chi connectivity index (χ0v) is 10.8. The maximum Gasteiger partial charge on any atom is 0.416 e. The predicted octanol–water partition coefficient (Wildman–Crippen LogP) is 2.83. The lowest BCUT2D eigenvalue weighted by atomic mass is 10.0. The van der Waals surface area contributed by atoms with Gasteiger partial charge in [-0.15, -0.1) is 0 Å². The molecule has 1 heterocycles. The number of rotatable bonds is 3. The molecular formula is C14H15NO4. The van der Waals surface area contributed by atoms with Crippen molar-refractivity contribution in [2.75, 3.05) is 6.61 Å². The highest BCUT2D eigenvalue weighted by atomic mass is 16.5. The van der Waals surface area contributed by atoms with Crippen molar-refractivity contribution in [1.82, 2.24) is 4.57 Å². The van der Waals surface area contributed by atoms with Gasteiger partial charge >= 0.3 is 12.1 Å². The minimum Gasteiger partial charge on any atom is -0.466 e. The van der Waals surface area contributed by atoms with Crippen LogP contribution >= 0.6 is 0 Å². The van der Waals surface area contributed by atoms with E-state index in [-0.39, 0.29) is 5.97 Å². The fourth-order valence-electron chi connectivity index (χ4n) is 2.10. The van der Waals surface area contributed by atoms with Gasteiger partial charge in [0.2, 0.25) is 0 Å². The monoisotopic (exact) mass is 261 g/mol. The van der Waals surface area contributed by atoms with Crippen molar-refractivity contribution < 1.29 is 19.4 Å². The first kappa shape index (κ1) is 13.1. The second-order valence-corrected chi connectivity index (χ2v) is 4.23. The van der Waals surface area contributed by atoms with Gasteiger partial charge in [-0.1, -0.05) is 18.2 Å². The van der Waals surface area contributed by atoms with Gasteiger partial charge in [0, 0.05) is 11.6 Å². The summed E-state index contributed by atoms with van der Waals surface area (Å²) in [6.07, 6.45) is 0.410. The summed E-state index contributed by atoms with van der Waals surface area (Å²) in [4.78, 5) is 23.0. The molecule has 5 nitrogen and oxygen atoms in total. The molecule has 2 aromatic rings. The molecule has 0 saturated heterocycles. The van der Waals surface area contributed by atoms with Crippen molar-refractivity contribution in [2.24, 2.45) is 0 Å². The topological polar surface area (TPSA) is 68.5 Å². The number of para-hydroxylation sites is 1. The molecule has 0 amide bonds. The molecule has 0 fully saturated rings. The van der Waals surface area contributed by atoms with Crippen LogP contribution in [0.1, 0.15) is 25.3 Å². The van der Waals surface area contributed by atoms with Gasteiger partial charge in [0.05, 0.1) is 18.0 Å². The summed E-state index contributed by atoms with van der Waals surface area (Å²) in [7, 11) is 0. The Morgan fingerprint density at radius 2 is 2.05 bits per heavy atom. The van der Waals surface area contributed by atoms with Crippen molar-refractivity contribution in [1.29, 1.82) is 0 Å². The van der Waals surface area contributed by atoms with E-state index >= 15 is 0 Å². The van der Waals surface area contributed by atoms with Gasteiger partial charge in [0.25, 0.3) is 0 Å². The standard InChI is InChI=1S/C14H15NO4/c1-3-19-13(16)9(2)11-8-15(14(17)18)12-7-5-4-6-10(11)12/h4-9H,3H2,1-2H3,(H,17,18). The third kappa shape index (κ3) is 2.31. The summed E-state index contributed by atoms with van der Waals surface area (Å²) in [5.41, 5.74) is 1.23. The van der Waals surface area contributed by atoms with Gasteiger partial charge in [0.1, 0.15) is 0 Å². The summed E-state index contributed by atoms with van der Waals surface area (Å²) in [6, 6.07) is 7.10. The SMILES string of the molecule is CCOC(=O)C(C)c1cn(C(=O)O)c2ccccc12. The minimum atomic E-state index is -1.07. The van der Waals surface area contributed by atoms with Crippen LogP contribution in [-0.2, 0) is 9.53 Å². The number of carbonyl (C=O) groups excluding carboxylic acids is 1. The molecular weight excluding hydrogens is 246 g/mol. The number of nitrogens with zero attached hydrogens (tertiary/aromatic N) is 1. The van der Waals surface area contributed by atoms with Crippen molar-refractivity contribution >= 4 is 23.0 Å². The third-order valence-corrected chi connectivity index (χ3v) is 3.06. The van der Waals surface area contributed by atoms with Crippen molar-refractivity contribution in [2.45, 2.75) is 19.8 Å². The zero-order valence-electron chi connectivity index (χ0n) is 10.8. The fraction of sp³-hybridized carbons (Fsp3) is 0.286. The first-order chi connectivity index (χ1) is 9.06. The molecule has 0 spiro atoms. The molecule has 5 heteroatoms. The zero-order chi connectivity index (χ0) is 14.0. The highest BCUT2D eigenvalue weighted by molar-refractivity contribution is 5.94. The van der Waals surface area contributed by atoms with Crippen LogP contribution in [0, 0.1) is 0 Å². The third-order valence-electron chi connectivity index (χ3n) is 3.06. The van der Waals surface area contributed by atoms with Crippen LogP contribution in [0.2, 0.25) is 0 Å². The normalized spacial score (nSPS) is 12.3. The van der Waals surface area contributed by atoms with Crippen LogP contribution in [0.15, 0.2) is 30.5 Å². The van der Waals surface area contributed by atoms with Gasteiger partial charge in [-0.05, 0) is 25.5 Å². The summed E-state index contributed by atoms with van der Waals surface area (Å²) in [5, 5.41) is 9.92. The Hall–Kier alpha value is -2.30. The Labute approximate surface area is 110 Å². The highest BCUT2D eigenvalue weighted by Gasteiger charge is 2.22. The first-order valence-corrected chi connectivity index (χ1v) is 6.06. The van der Waals surface area contributed by atoms with E-state index in [0.29, 0.717) is 17.7 Å². The van der Waals surface area contributed by atoms with E-state index in [1.54, 1.807) is 32.0 Å². The first-order valence-electron chi connectivity index (χ1n) is 6.06. The van der Waals surface area contributed by atoms with Crippen molar-refractivity contribution in [3.8, 4) is 0 Å². The van der Waals surface area contributed by atoms with Crippen LogP contribution in [0.4, 0.5) is 4.79 Å². The Kier molecular flexibility index (Phi) is 3.55. The average Bonchev–Trinajstić information content (AvgIpc) is 2.78. The highest BCUT2D eigenvalue weighted by Crippen LogP contribution is 2.28. The van der Waals surface area contributed by atoms with E-state index in [1.165, 1.54) is 6.20 Å². The quantitative estimate of drug-likeness (QED) is 0.862. The van der Waals surface area contributed by atoms with E-state index in [4.69, 9.17) is 9.84 Å². The van der Waals surface area contributed by atoms with E-state index in [1.807, 2.05) is 6.07 Å². The molecule has 0 saturated carbocycles. The van der Waals surface area contributed by atoms with Crippen molar-refractivity contribution in [3.63, 3.8) is 0 Å². The molecule has 1 unspecified atom stereocenters. The largest absolute Gasteiger partial charge is 0.466 e. The summed E-state index contributed by atoms with van der Waals surface area (Å²) < 4.78 is 6.11. The van der Waals surface area contributed by atoms with E-state index in [2.05, 4.69) is 0 Å². The molecule has 0 aliphatic rings. The van der Waals surface area contributed by atoms with Gasteiger partial charge in [0.15, 0.2) is 0 Å². The van der Waals surface area contributed by atoms with E-state index in [0.717, 1.165) is 9.95 Å². The Bertz CT molecular complexity index is 629. The second kappa shape index (κ2) is 5.14. The average molecular weight is 261 g/mol. The van der Waals surface area contributed by atoms with Crippen LogP contribution in [0.5, 0.6) is 0 Å². The van der Waals surface area contributed by atoms with Crippen LogP contribution in [-0.4, -0.2) is 28.3 Å². The number of carbonyl (C=O) groups is 2. The van der Waals surface area contributed by atoms with Crippen LogP contribution < -0.4 is 0 Å². The summed E-state index contributed by atoms with van der Waals surface area (Å²) in [6.45, 7) is 3.76. The molecule has 1 aromatic carbocycles. The van der Waals surface area contributed by atoms with Gasteiger partial charge in [-0.25, -0.2) is 4.79 Å². The Morgan fingerprint density at radius 1 is 1.37 bits per heavy atom. The lowest BCUT2D eigenvalue weighted by molar-refractivity contribution is -0.144. The number of hydrogen-bond acceptors (Lipinski definition) is 3. The molecule has 0 aliphatic heterocycles. The molecule has 2 rings (SSSR count). The Morgan fingerprint density at radius 3 is 2.68 bits per heavy atom. The lowest BCUT2D eigenvalue weighted by Gasteiger charge is -2.09. The number of aromatic nitrogens is 1. The van der Waals surface area contributed by atoms with Crippen LogP contribution in [0.25, 0.3) is 10.9 Å².